The number of carbonyl (C=O) groups is 2. The summed E-state index contributed by atoms with van der Waals surface area (Å²) in [7, 11) is 0. The molecule has 0 radical (unpaired) electrons. The van der Waals surface area contributed by atoms with Gasteiger partial charge >= 0.3 is 11.9 Å². The van der Waals surface area contributed by atoms with Gasteiger partial charge in [-0.1, -0.05) is 0 Å². The van der Waals surface area contributed by atoms with Crippen LogP contribution in [0.2, 0.25) is 0 Å². The van der Waals surface area contributed by atoms with Crippen molar-refractivity contribution in [1.82, 2.24) is 0 Å². The lowest BCUT2D eigenvalue weighted by molar-refractivity contribution is -0.222. The van der Waals surface area contributed by atoms with E-state index in [9.17, 15) is 9.59 Å². The first-order valence-electron chi connectivity index (χ1n) is 6.57. The average molecular weight is 291 g/mol. The zero-order valence-electron chi connectivity index (χ0n) is 12.1. The molecule has 1 aromatic carbocycles. The molecule has 1 fully saturated rings. The number of rotatable bonds is 4. The summed E-state index contributed by atoms with van der Waals surface area (Å²) >= 11 is 0. The number of hydrogen-bond acceptors (Lipinski definition) is 6. The van der Waals surface area contributed by atoms with E-state index in [1.165, 1.54) is 20.0 Å². The van der Waals surface area contributed by atoms with E-state index in [4.69, 9.17) is 14.2 Å². The number of carbonyl (C=O) groups excluding carboxylic acids is 2. The highest BCUT2D eigenvalue weighted by atomic mass is 16.7. The first-order valence-corrected chi connectivity index (χ1v) is 6.57. The van der Waals surface area contributed by atoms with E-state index in [2.05, 4.69) is 5.32 Å². The first-order chi connectivity index (χ1) is 9.91. The summed E-state index contributed by atoms with van der Waals surface area (Å²) in [6, 6.07) is 7.10. The Morgan fingerprint density at radius 3 is 2.24 bits per heavy atom. The minimum atomic E-state index is -1.23. The van der Waals surface area contributed by atoms with Gasteiger partial charge in [-0.2, -0.15) is 0 Å². The molecule has 1 aromatic rings. The number of nitrogens with one attached hydrogen (secondary N) is 1. The van der Waals surface area contributed by atoms with Crippen LogP contribution in [0, 0.1) is 0 Å². The summed E-state index contributed by atoms with van der Waals surface area (Å²) in [4.78, 5) is 23.5. The number of hydrogen-bond donors (Lipinski definition) is 1. The quantitative estimate of drug-likeness (QED) is 0.521. The second kappa shape index (κ2) is 5.87. The topological polar surface area (TPSA) is 73.9 Å². The van der Waals surface area contributed by atoms with Gasteiger partial charge in [-0.25, -0.2) is 9.59 Å². The third kappa shape index (κ3) is 3.75. The third-order valence-electron chi connectivity index (χ3n) is 2.67. The number of ether oxygens (including phenoxy) is 3. The molecule has 0 aliphatic carbocycles. The Kier molecular flexibility index (Phi) is 4.16. The van der Waals surface area contributed by atoms with Crippen molar-refractivity contribution in [1.29, 1.82) is 0 Å². The fraction of sp³-hybridized carbons (Fsp3) is 0.333. The van der Waals surface area contributed by atoms with E-state index < -0.39 is 17.7 Å². The molecule has 1 N–H and O–H groups in total. The Morgan fingerprint density at radius 2 is 1.71 bits per heavy atom. The van der Waals surface area contributed by atoms with Gasteiger partial charge in [0.2, 0.25) is 0 Å². The smallest absolute Gasteiger partial charge is 0.350 e. The van der Waals surface area contributed by atoms with Crippen molar-refractivity contribution >= 4 is 17.6 Å². The molecule has 1 aliphatic rings. The second-order valence-corrected chi connectivity index (χ2v) is 4.84. The summed E-state index contributed by atoms with van der Waals surface area (Å²) < 4.78 is 15.3. The Hall–Kier alpha value is -2.50. The predicted molar refractivity (Wildman–Crippen MR) is 75.6 cm³/mol. The van der Waals surface area contributed by atoms with Gasteiger partial charge in [0.1, 0.15) is 5.75 Å². The van der Waals surface area contributed by atoms with Crippen LogP contribution < -0.4 is 10.1 Å². The number of cyclic esters (lactones) is 2. The van der Waals surface area contributed by atoms with Crippen molar-refractivity contribution in [3.8, 4) is 5.75 Å². The molecule has 1 heterocycles. The lowest BCUT2D eigenvalue weighted by Gasteiger charge is -2.29. The number of anilines is 1. The molecule has 0 atom stereocenters. The molecule has 1 aliphatic heterocycles. The highest BCUT2D eigenvalue weighted by molar-refractivity contribution is 6.15. The van der Waals surface area contributed by atoms with Crippen molar-refractivity contribution in [2.24, 2.45) is 0 Å². The van der Waals surface area contributed by atoms with Crippen molar-refractivity contribution < 1.29 is 23.8 Å². The highest BCUT2D eigenvalue weighted by Crippen LogP contribution is 2.23. The van der Waals surface area contributed by atoms with Gasteiger partial charge in [0.25, 0.3) is 5.79 Å². The van der Waals surface area contributed by atoms with Crippen LogP contribution in [0.3, 0.4) is 0 Å². The maximum atomic E-state index is 11.7. The highest BCUT2D eigenvalue weighted by Gasteiger charge is 2.38. The monoisotopic (exact) mass is 291 g/mol. The molecular weight excluding hydrogens is 274 g/mol. The molecule has 112 valence electrons. The molecule has 0 spiro atoms. The normalized spacial score (nSPS) is 16.8. The summed E-state index contributed by atoms with van der Waals surface area (Å²) in [5.41, 5.74) is 0.527. The summed E-state index contributed by atoms with van der Waals surface area (Å²) in [6.07, 6.45) is 1.27. The van der Waals surface area contributed by atoms with E-state index in [-0.39, 0.29) is 5.57 Å². The lowest BCUT2D eigenvalue weighted by atomic mass is 10.2. The minimum Gasteiger partial charge on any atom is -0.494 e. The molecule has 0 aromatic heterocycles. The molecule has 0 unspecified atom stereocenters. The fourth-order valence-electron chi connectivity index (χ4n) is 1.75. The summed E-state index contributed by atoms with van der Waals surface area (Å²) in [6.45, 7) is 5.49. The Balaban J connectivity index is 2.06. The zero-order valence-corrected chi connectivity index (χ0v) is 12.1. The number of esters is 2. The van der Waals surface area contributed by atoms with Crippen molar-refractivity contribution in [2.45, 2.75) is 26.6 Å². The number of benzene rings is 1. The van der Waals surface area contributed by atoms with Crippen molar-refractivity contribution in [2.75, 3.05) is 11.9 Å². The van der Waals surface area contributed by atoms with Gasteiger partial charge < -0.3 is 19.5 Å². The molecular formula is C15H17NO5. The Morgan fingerprint density at radius 1 is 1.14 bits per heavy atom. The summed E-state index contributed by atoms with van der Waals surface area (Å²) in [5, 5.41) is 2.85. The van der Waals surface area contributed by atoms with Gasteiger partial charge in [0, 0.05) is 25.7 Å². The molecule has 0 saturated carbocycles. The molecule has 6 heteroatoms. The van der Waals surface area contributed by atoms with E-state index in [1.54, 1.807) is 24.3 Å². The molecule has 1 saturated heterocycles. The first kappa shape index (κ1) is 14.9. The van der Waals surface area contributed by atoms with Crippen LogP contribution in [-0.2, 0) is 19.1 Å². The maximum absolute atomic E-state index is 11.7. The van der Waals surface area contributed by atoms with Crippen LogP contribution in [0.4, 0.5) is 5.69 Å². The lowest BCUT2D eigenvalue weighted by Crippen LogP contribution is -2.42. The van der Waals surface area contributed by atoms with Gasteiger partial charge in [-0.15, -0.1) is 0 Å². The Labute approximate surface area is 122 Å². The van der Waals surface area contributed by atoms with Gasteiger partial charge in [-0.3, -0.25) is 0 Å². The predicted octanol–water partition coefficient (Wildman–Crippen LogP) is 2.22. The van der Waals surface area contributed by atoms with Crippen molar-refractivity contribution in [3.63, 3.8) is 0 Å². The molecule has 2 rings (SSSR count). The van der Waals surface area contributed by atoms with Crippen molar-refractivity contribution in [3.05, 3.63) is 36.0 Å². The fourth-order valence-corrected chi connectivity index (χ4v) is 1.75. The minimum absolute atomic E-state index is 0.178. The van der Waals surface area contributed by atoms with Gasteiger partial charge in [-0.05, 0) is 31.2 Å². The third-order valence-corrected chi connectivity index (χ3v) is 2.67. The van der Waals surface area contributed by atoms with Crippen LogP contribution >= 0.6 is 0 Å². The van der Waals surface area contributed by atoms with Crippen LogP contribution in [0.1, 0.15) is 20.8 Å². The zero-order chi connectivity index (χ0) is 15.5. The maximum Gasteiger partial charge on any atom is 0.350 e. The SMILES string of the molecule is CCOc1ccc(NC=C2C(=O)OC(C)(C)OC2=O)cc1. The second-order valence-electron chi connectivity index (χ2n) is 4.84. The van der Waals surface area contributed by atoms with Crippen LogP contribution in [0.15, 0.2) is 36.0 Å². The van der Waals surface area contributed by atoms with E-state index in [0.717, 1.165) is 5.75 Å². The average Bonchev–Trinajstić information content (AvgIpc) is 2.38. The standard InChI is InChI=1S/C15H17NO5/c1-4-19-11-7-5-10(6-8-11)16-9-12-13(17)20-15(2,3)21-14(12)18/h5-9,16H,4H2,1-3H3. The van der Waals surface area contributed by atoms with Gasteiger partial charge in [0.15, 0.2) is 5.57 Å². The van der Waals surface area contributed by atoms with Gasteiger partial charge in [0.05, 0.1) is 6.61 Å². The van der Waals surface area contributed by atoms with Crippen LogP contribution in [0.5, 0.6) is 5.75 Å². The molecule has 0 bridgehead atoms. The van der Waals surface area contributed by atoms with E-state index in [0.29, 0.717) is 12.3 Å². The molecule has 0 amide bonds. The van der Waals surface area contributed by atoms with E-state index >= 15 is 0 Å². The Bertz CT molecular complexity index is 552. The van der Waals surface area contributed by atoms with E-state index in [1.807, 2.05) is 6.92 Å². The molecule has 6 nitrogen and oxygen atoms in total. The largest absolute Gasteiger partial charge is 0.494 e. The van der Waals surface area contributed by atoms with Crippen LogP contribution in [0.25, 0.3) is 0 Å². The summed E-state index contributed by atoms with van der Waals surface area (Å²) in [5.74, 6) is -1.91. The van der Waals surface area contributed by atoms with Crippen LogP contribution in [-0.4, -0.2) is 24.3 Å². The molecule has 21 heavy (non-hydrogen) atoms.